The smallest absolute Gasteiger partial charge is 0.249 e. The minimum atomic E-state index is -0.864. The maximum absolute atomic E-state index is 14.4. The number of hydrogen-bond donors (Lipinski definition) is 0. The van der Waals surface area contributed by atoms with Gasteiger partial charge in [0.25, 0.3) is 0 Å². The molecule has 6 saturated carbocycles. The van der Waals surface area contributed by atoms with Crippen molar-refractivity contribution in [3.63, 3.8) is 0 Å². The Hall–Kier alpha value is -2.53. The zero-order chi connectivity index (χ0) is 44.2. The number of carbonyl (C=O) groups excluding carboxylic acids is 3. The second kappa shape index (κ2) is 26.7. The molecule has 7 rings (SSSR count). The van der Waals surface area contributed by atoms with Gasteiger partial charge in [0.1, 0.15) is 19.8 Å². The lowest BCUT2D eigenvalue weighted by Crippen LogP contribution is -2.52. The van der Waals surface area contributed by atoms with E-state index in [4.69, 9.17) is 18.9 Å². The maximum Gasteiger partial charge on any atom is 0.249 e. The second-order valence-corrected chi connectivity index (χ2v) is 21.1. The molecule has 360 valence electrons. The number of carbonyl (C=O) groups is 3. The van der Waals surface area contributed by atoms with Gasteiger partial charge in [-0.3, -0.25) is 14.4 Å². The molecule has 0 aliphatic heterocycles. The molecule has 0 N–H and O–H groups in total. The molecule has 6 fully saturated rings. The Morgan fingerprint density at radius 3 is 0.891 bits per heavy atom. The Morgan fingerprint density at radius 2 is 0.625 bits per heavy atom. The average molecular weight is 890 g/mol. The SMILES string of the molecule is O=C(COCC(COCC(=O)N(C1CCCCC1)C1CCCCC1)(COCC(=O)N(C1CCCCC1)C1CCCCC1)COCc1ccccc1)N(C1CCCCC1)C1CCCCC1. The predicted molar refractivity (Wildman–Crippen MR) is 253 cm³/mol. The molecule has 3 amide bonds. The molecule has 0 atom stereocenters. The Kier molecular flexibility index (Phi) is 20.6. The van der Waals surface area contributed by atoms with E-state index < -0.39 is 5.41 Å². The van der Waals surface area contributed by atoms with Gasteiger partial charge in [-0.1, -0.05) is 146 Å². The summed E-state index contributed by atoms with van der Waals surface area (Å²) in [5.74, 6) is 0.240. The molecular formula is C54H87N3O7. The standard InChI is InChI=1S/C54H87N3O7/c58-51(55(45-24-10-2-11-25-45)46-26-12-3-13-27-46)37-62-41-54(40-61-36-44-22-8-1-9-23-44,42-63-38-52(59)56(47-28-14-4-15-29-47)48-30-16-5-17-31-48)43-64-39-53(60)57(49-32-18-6-19-33-49)50-34-20-7-21-35-50/h1,8-9,22-23,45-50H,2-7,10-21,24-43H2. The Balaban J connectivity index is 1.09. The monoisotopic (exact) mass is 890 g/mol. The highest BCUT2D eigenvalue weighted by Gasteiger charge is 2.39. The third-order valence-electron chi connectivity index (χ3n) is 16.1. The zero-order valence-electron chi connectivity index (χ0n) is 39.9. The number of rotatable bonds is 22. The minimum absolute atomic E-state index is 0.0143. The van der Waals surface area contributed by atoms with E-state index in [0.717, 1.165) is 82.6 Å². The summed E-state index contributed by atoms with van der Waals surface area (Å²) < 4.78 is 26.3. The normalized spacial score (nSPS) is 22.0. The molecule has 10 heteroatoms. The molecule has 0 spiro atoms. The van der Waals surface area contributed by atoms with Crippen LogP contribution in [0.15, 0.2) is 30.3 Å². The van der Waals surface area contributed by atoms with Gasteiger partial charge in [-0.25, -0.2) is 0 Å². The lowest BCUT2D eigenvalue weighted by molar-refractivity contribution is -0.156. The highest BCUT2D eigenvalue weighted by molar-refractivity contribution is 5.79. The van der Waals surface area contributed by atoms with E-state index in [1.165, 1.54) is 116 Å². The van der Waals surface area contributed by atoms with E-state index in [-0.39, 0.29) is 100 Å². The lowest BCUT2D eigenvalue weighted by atomic mass is 9.88. The first kappa shape index (κ1) is 49.4. The first-order chi connectivity index (χ1) is 31.5. The van der Waals surface area contributed by atoms with E-state index in [1.54, 1.807) is 0 Å². The van der Waals surface area contributed by atoms with Crippen molar-refractivity contribution in [2.24, 2.45) is 5.41 Å². The molecule has 64 heavy (non-hydrogen) atoms. The Labute approximate surface area is 387 Å². The second-order valence-electron chi connectivity index (χ2n) is 21.1. The summed E-state index contributed by atoms with van der Waals surface area (Å²) in [4.78, 5) is 49.9. The molecule has 0 aromatic heterocycles. The van der Waals surface area contributed by atoms with Crippen molar-refractivity contribution in [2.75, 3.05) is 46.2 Å². The summed E-state index contributed by atoms with van der Waals surface area (Å²) in [5.41, 5.74) is 0.193. The molecule has 0 radical (unpaired) electrons. The fourth-order valence-corrected chi connectivity index (χ4v) is 12.8. The van der Waals surface area contributed by atoms with Gasteiger partial charge in [-0.15, -0.1) is 0 Å². The van der Waals surface area contributed by atoms with E-state index in [1.807, 2.05) is 18.2 Å². The van der Waals surface area contributed by atoms with Crippen LogP contribution in [0.1, 0.15) is 198 Å². The van der Waals surface area contributed by atoms with Crippen LogP contribution in [0.25, 0.3) is 0 Å². The maximum atomic E-state index is 14.4. The number of hydrogen-bond acceptors (Lipinski definition) is 7. The van der Waals surface area contributed by atoms with Gasteiger partial charge < -0.3 is 33.6 Å². The van der Waals surface area contributed by atoms with Gasteiger partial charge in [0.05, 0.1) is 38.4 Å². The Bertz CT molecular complexity index is 1300. The Morgan fingerprint density at radius 1 is 0.375 bits per heavy atom. The largest absolute Gasteiger partial charge is 0.376 e. The number of amides is 3. The molecule has 6 aliphatic carbocycles. The quantitative estimate of drug-likeness (QED) is 0.114. The average Bonchev–Trinajstić information content (AvgIpc) is 3.34. The fourth-order valence-electron chi connectivity index (χ4n) is 12.8. The molecule has 0 heterocycles. The summed E-state index contributed by atoms with van der Waals surface area (Å²) >= 11 is 0. The van der Waals surface area contributed by atoms with Crippen molar-refractivity contribution >= 4 is 17.7 Å². The lowest BCUT2D eigenvalue weighted by Gasteiger charge is -2.42. The molecule has 10 nitrogen and oxygen atoms in total. The molecule has 1 aromatic carbocycles. The van der Waals surface area contributed by atoms with Crippen LogP contribution in [0.2, 0.25) is 0 Å². The van der Waals surface area contributed by atoms with Crippen LogP contribution in [-0.2, 0) is 39.9 Å². The fraction of sp³-hybridized carbons (Fsp3) is 0.833. The van der Waals surface area contributed by atoms with Gasteiger partial charge in [-0.05, 0) is 82.6 Å². The number of ether oxygens (including phenoxy) is 4. The van der Waals surface area contributed by atoms with Gasteiger partial charge >= 0.3 is 0 Å². The van der Waals surface area contributed by atoms with E-state index in [0.29, 0.717) is 6.61 Å². The van der Waals surface area contributed by atoms with Crippen LogP contribution in [-0.4, -0.2) is 115 Å². The third kappa shape index (κ3) is 14.7. The number of nitrogens with zero attached hydrogens (tertiary/aromatic N) is 3. The highest BCUT2D eigenvalue weighted by Crippen LogP contribution is 2.34. The molecular weight excluding hydrogens is 803 g/mol. The number of benzene rings is 1. The van der Waals surface area contributed by atoms with Gasteiger partial charge in [0.2, 0.25) is 17.7 Å². The molecule has 0 unspecified atom stereocenters. The topological polar surface area (TPSA) is 97.9 Å². The summed E-state index contributed by atoms with van der Waals surface area (Å²) in [6.07, 6.45) is 34.4. The first-order valence-corrected chi connectivity index (χ1v) is 26.8. The van der Waals surface area contributed by atoms with E-state index >= 15 is 0 Å². The van der Waals surface area contributed by atoms with Crippen molar-refractivity contribution in [1.82, 2.24) is 14.7 Å². The van der Waals surface area contributed by atoms with Crippen LogP contribution >= 0.6 is 0 Å². The highest BCUT2D eigenvalue weighted by atomic mass is 16.5. The summed E-state index contributed by atoms with van der Waals surface area (Å²) in [6, 6.07) is 11.8. The van der Waals surface area contributed by atoms with Crippen molar-refractivity contribution in [2.45, 2.75) is 235 Å². The summed E-state index contributed by atoms with van der Waals surface area (Å²) in [5, 5.41) is 0. The molecule has 0 saturated heterocycles. The first-order valence-electron chi connectivity index (χ1n) is 26.8. The predicted octanol–water partition coefficient (Wildman–Crippen LogP) is 10.7. The van der Waals surface area contributed by atoms with Crippen LogP contribution in [0.4, 0.5) is 0 Å². The van der Waals surface area contributed by atoms with Crippen LogP contribution in [0.3, 0.4) is 0 Å². The zero-order valence-corrected chi connectivity index (χ0v) is 39.9. The third-order valence-corrected chi connectivity index (χ3v) is 16.1. The van der Waals surface area contributed by atoms with Crippen molar-refractivity contribution in [1.29, 1.82) is 0 Å². The van der Waals surface area contributed by atoms with Gasteiger partial charge in [0, 0.05) is 36.3 Å². The van der Waals surface area contributed by atoms with Gasteiger partial charge in [0.15, 0.2) is 0 Å². The molecule has 1 aromatic rings. The summed E-state index contributed by atoms with van der Waals surface area (Å²) in [7, 11) is 0. The van der Waals surface area contributed by atoms with E-state index in [9.17, 15) is 14.4 Å². The van der Waals surface area contributed by atoms with Gasteiger partial charge in [-0.2, -0.15) is 0 Å². The molecule has 0 bridgehead atoms. The van der Waals surface area contributed by atoms with Crippen molar-refractivity contribution in [3.05, 3.63) is 35.9 Å². The van der Waals surface area contributed by atoms with Crippen LogP contribution in [0, 0.1) is 5.41 Å². The van der Waals surface area contributed by atoms with Crippen molar-refractivity contribution < 1.29 is 33.3 Å². The van der Waals surface area contributed by atoms with Crippen LogP contribution in [0.5, 0.6) is 0 Å². The van der Waals surface area contributed by atoms with E-state index in [2.05, 4.69) is 26.8 Å². The van der Waals surface area contributed by atoms with Crippen molar-refractivity contribution in [3.8, 4) is 0 Å². The van der Waals surface area contributed by atoms with Crippen LogP contribution < -0.4 is 0 Å². The summed E-state index contributed by atoms with van der Waals surface area (Å²) in [6.45, 7) is 1.05. The minimum Gasteiger partial charge on any atom is -0.376 e. The molecule has 6 aliphatic rings.